The molecule has 1 aromatic heterocycles. The van der Waals surface area contributed by atoms with E-state index in [2.05, 4.69) is 10.4 Å². The van der Waals surface area contributed by atoms with Crippen LogP contribution in [0.2, 0.25) is 0 Å². The Labute approximate surface area is 124 Å². The van der Waals surface area contributed by atoms with Crippen molar-refractivity contribution in [1.29, 1.82) is 0 Å². The molecule has 1 fully saturated rings. The highest BCUT2D eigenvalue weighted by Gasteiger charge is 2.26. The van der Waals surface area contributed by atoms with E-state index < -0.39 is 12.0 Å². The molecular weight excluding hydrogens is 270 g/mol. The number of carbonyl (C=O) groups excluding carboxylic acids is 1. The van der Waals surface area contributed by atoms with Crippen LogP contribution in [-0.4, -0.2) is 32.8 Å². The summed E-state index contributed by atoms with van der Waals surface area (Å²) in [4.78, 5) is 23.6. The number of amides is 1. The number of aliphatic carboxylic acids is 1. The van der Waals surface area contributed by atoms with Gasteiger partial charge in [-0.2, -0.15) is 5.10 Å². The molecule has 1 aromatic rings. The van der Waals surface area contributed by atoms with Crippen molar-refractivity contribution in [2.24, 2.45) is 5.92 Å². The van der Waals surface area contributed by atoms with Crippen molar-refractivity contribution < 1.29 is 14.7 Å². The molecule has 1 aliphatic carbocycles. The summed E-state index contributed by atoms with van der Waals surface area (Å²) in [5.74, 6) is -1.15. The van der Waals surface area contributed by atoms with Crippen molar-refractivity contribution in [2.75, 3.05) is 0 Å². The van der Waals surface area contributed by atoms with Gasteiger partial charge in [-0.15, -0.1) is 0 Å². The molecule has 6 heteroatoms. The zero-order valence-electron chi connectivity index (χ0n) is 12.6. The van der Waals surface area contributed by atoms with Crippen LogP contribution in [0.15, 0.2) is 12.3 Å². The van der Waals surface area contributed by atoms with E-state index >= 15 is 0 Å². The second-order valence-corrected chi connectivity index (χ2v) is 6.09. The quantitative estimate of drug-likeness (QED) is 0.842. The molecule has 116 valence electrons. The molecule has 6 nitrogen and oxygen atoms in total. The number of nitrogens with zero attached hydrogens (tertiary/aromatic N) is 2. The Balaban J connectivity index is 2.09. The standard InChI is InChI=1S/C15H23N3O3/c1-10(2)9-12(15(20)21)17-14(19)13-7-8-16-18(13)11-5-3-4-6-11/h7-8,10-12H,3-6,9H2,1-2H3,(H,17,19)(H,20,21). The number of nitrogens with one attached hydrogen (secondary N) is 1. The molecule has 1 unspecified atom stereocenters. The summed E-state index contributed by atoms with van der Waals surface area (Å²) >= 11 is 0. The third-order valence-corrected chi connectivity index (χ3v) is 3.88. The van der Waals surface area contributed by atoms with Gasteiger partial charge in [-0.05, 0) is 31.2 Å². The number of carboxylic acid groups (broad SMARTS) is 1. The number of hydrogen-bond donors (Lipinski definition) is 2. The van der Waals surface area contributed by atoms with E-state index in [1.54, 1.807) is 16.9 Å². The van der Waals surface area contributed by atoms with Gasteiger partial charge in [0, 0.05) is 6.20 Å². The van der Waals surface area contributed by atoms with Crippen molar-refractivity contribution in [3.8, 4) is 0 Å². The van der Waals surface area contributed by atoms with E-state index in [9.17, 15) is 14.7 Å². The van der Waals surface area contributed by atoms with Crippen LogP contribution in [0, 0.1) is 5.92 Å². The van der Waals surface area contributed by atoms with Gasteiger partial charge in [-0.3, -0.25) is 9.48 Å². The Morgan fingerprint density at radius 2 is 2.10 bits per heavy atom. The van der Waals surface area contributed by atoms with E-state index in [1.165, 1.54) is 0 Å². The van der Waals surface area contributed by atoms with Crippen molar-refractivity contribution in [2.45, 2.75) is 58.0 Å². The molecule has 1 saturated carbocycles. The predicted octanol–water partition coefficient (Wildman–Crippen LogP) is 2.23. The Kier molecular flexibility index (Phi) is 4.98. The van der Waals surface area contributed by atoms with E-state index in [4.69, 9.17) is 0 Å². The minimum atomic E-state index is -0.996. The maximum absolute atomic E-state index is 12.3. The smallest absolute Gasteiger partial charge is 0.326 e. The molecule has 0 spiro atoms. The third-order valence-electron chi connectivity index (χ3n) is 3.88. The van der Waals surface area contributed by atoms with E-state index in [1.807, 2.05) is 13.8 Å². The second kappa shape index (κ2) is 6.74. The van der Waals surface area contributed by atoms with E-state index in [0.717, 1.165) is 25.7 Å². The largest absolute Gasteiger partial charge is 0.480 e. The first-order valence-electron chi connectivity index (χ1n) is 7.56. The normalized spacial score (nSPS) is 17.1. The lowest BCUT2D eigenvalue weighted by molar-refractivity contribution is -0.139. The number of aromatic nitrogens is 2. The Bertz CT molecular complexity index is 504. The second-order valence-electron chi connectivity index (χ2n) is 6.09. The highest BCUT2D eigenvalue weighted by atomic mass is 16.4. The van der Waals surface area contributed by atoms with Gasteiger partial charge in [0.15, 0.2) is 0 Å². The minimum Gasteiger partial charge on any atom is -0.480 e. The number of hydrogen-bond acceptors (Lipinski definition) is 3. The molecule has 1 heterocycles. The molecule has 1 amide bonds. The molecule has 1 aliphatic rings. The lowest BCUT2D eigenvalue weighted by Gasteiger charge is -2.18. The molecular formula is C15H23N3O3. The molecule has 0 bridgehead atoms. The van der Waals surface area contributed by atoms with Crippen molar-refractivity contribution >= 4 is 11.9 Å². The summed E-state index contributed by atoms with van der Waals surface area (Å²) in [6, 6.07) is 1.06. The summed E-state index contributed by atoms with van der Waals surface area (Å²) in [7, 11) is 0. The van der Waals surface area contributed by atoms with Crippen LogP contribution in [0.4, 0.5) is 0 Å². The van der Waals surface area contributed by atoms with Gasteiger partial charge < -0.3 is 10.4 Å². The summed E-state index contributed by atoms with van der Waals surface area (Å²) in [5.41, 5.74) is 0.455. The molecule has 21 heavy (non-hydrogen) atoms. The summed E-state index contributed by atoms with van der Waals surface area (Å²) in [6.07, 6.45) is 6.37. The maximum atomic E-state index is 12.3. The summed E-state index contributed by atoms with van der Waals surface area (Å²) < 4.78 is 1.75. The van der Waals surface area contributed by atoms with Crippen LogP contribution in [0.1, 0.15) is 62.5 Å². The van der Waals surface area contributed by atoms with E-state index in [-0.39, 0.29) is 17.9 Å². The molecule has 2 rings (SSSR count). The van der Waals surface area contributed by atoms with Gasteiger partial charge in [0.2, 0.25) is 0 Å². The average Bonchev–Trinajstić information content (AvgIpc) is 3.07. The monoisotopic (exact) mass is 293 g/mol. The molecule has 1 atom stereocenters. The molecule has 2 N–H and O–H groups in total. The Morgan fingerprint density at radius 3 is 2.67 bits per heavy atom. The first kappa shape index (κ1) is 15.5. The molecule has 0 radical (unpaired) electrons. The van der Waals surface area contributed by atoms with Crippen molar-refractivity contribution in [1.82, 2.24) is 15.1 Å². The fourth-order valence-electron chi connectivity index (χ4n) is 2.86. The number of carbonyl (C=O) groups is 2. The van der Waals surface area contributed by atoms with Crippen molar-refractivity contribution in [3.63, 3.8) is 0 Å². The number of rotatable bonds is 6. The van der Waals surface area contributed by atoms with Crippen LogP contribution in [0.3, 0.4) is 0 Å². The van der Waals surface area contributed by atoms with Crippen LogP contribution in [0.25, 0.3) is 0 Å². The van der Waals surface area contributed by atoms with Gasteiger partial charge in [-0.25, -0.2) is 4.79 Å². The first-order valence-corrected chi connectivity index (χ1v) is 7.56. The molecule has 0 aliphatic heterocycles. The SMILES string of the molecule is CC(C)CC(NC(=O)c1ccnn1C1CCCC1)C(=O)O. The Hall–Kier alpha value is -1.85. The lowest BCUT2D eigenvalue weighted by Crippen LogP contribution is -2.42. The van der Waals surface area contributed by atoms with Crippen LogP contribution < -0.4 is 5.32 Å². The lowest BCUT2D eigenvalue weighted by atomic mass is 10.0. The van der Waals surface area contributed by atoms with Gasteiger partial charge in [-0.1, -0.05) is 26.7 Å². The van der Waals surface area contributed by atoms with Crippen LogP contribution in [0.5, 0.6) is 0 Å². The first-order chi connectivity index (χ1) is 9.99. The van der Waals surface area contributed by atoms with Gasteiger partial charge in [0.25, 0.3) is 5.91 Å². The zero-order chi connectivity index (χ0) is 15.4. The topological polar surface area (TPSA) is 84.2 Å². The number of carboxylic acids is 1. The Morgan fingerprint density at radius 1 is 1.43 bits per heavy atom. The molecule has 0 aromatic carbocycles. The zero-order valence-corrected chi connectivity index (χ0v) is 12.6. The van der Waals surface area contributed by atoms with E-state index in [0.29, 0.717) is 12.1 Å². The van der Waals surface area contributed by atoms with Gasteiger partial charge in [0.05, 0.1) is 6.04 Å². The highest BCUT2D eigenvalue weighted by Crippen LogP contribution is 2.29. The predicted molar refractivity (Wildman–Crippen MR) is 78.1 cm³/mol. The fraction of sp³-hybridized carbons (Fsp3) is 0.667. The van der Waals surface area contributed by atoms with Crippen molar-refractivity contribution in [3.05, 3.63) is 18.0 Å². The highest BCUT2D eigenvalue weighted by molar-refractivity contribution is 5.95. The van der Waals surface area contributed by atoms with Gasteiger partial charge in [0.1, 0.15) is 11.7 Å². The van der Waals surface area contributed by atoms with Crippen LogP contribution >= 0.6 is 0 Å². The molecule has 0 saturated heterocycles. The summed E-state index contributed by atoms with van der Waals surface area (Å²) in [6.45, 7) is 3.87. The van der Waals surface area contributed by atoms with Gasteiger partial charge >= 0.3 is 5.97 Å². The summed E-state index contributed by atoms with van der Waals surface area (Å²) in [5, 5.41) is 16.1. The maximum Gasteiger partial charge on any atom is 0.326 e. The third kappa shape index (κ3) is 3.83. The fourth-order valence-corrected chi connectivity index (χ4v) is 2.86. The minimum absolute atomic E-state index is 0.200. The van der Waals surface area contributed by atoms with Crippen LogP contribution in [-0.2, 0) is 4.79 Å². The average molecular weight is 293 g/mol.